The van der Waals surface area contributed by atoms with Gasteiger partial charge in [-0.1, -0.05) is 29.8 Å². The molecule has 0 bridgehead atoms. The molecule has 19 heavy (non-hydrogen) atoms. The summed E-state index contributed by atoms with van der Waals surface area (Å²) >= 11 is 6.11. The standard InChI is InChI=1S/C15H13ClN2O/c1-11-9-18-8-4-7-14(15(18)17-11)19-10-12-5-2-3-6-13(12)16/h2-9H,10H2,1H3. The zero-order chi connectivity index (χ0) is 13.2. The molecular formula is C15H13ClN2O. The normalized spacial score (nSPS) is 10.8. The molecule has 2 aromatic heterocycles. The van der Waals surface area contributed by atoms with Gasteiger partial charge in [0.25, 0.3) is 0 Å². The van der Waals surface area contributed by atoms with Crippen LogP contribution in [0.2, 0.25) is 5.02 Å². The molecule has 4 heteroatoms. The summed E-state index contributed by atoms with van der Waals surface area (Å²) in [4.78, 5) is 4.45. The quantitative estimate of drug-likeness (QED) is 0.723. The fourth-order valence-electron chi connectivity index (χ4n) is 1.99. The summed E-state index contributed by atoms with van der Waals surface area (Å²) in [6.07, 6.45) is 3.93. The van der Waals surface area contributed by atoms with Crippen molar-refractivity contribution in [1.29, 1.82) is 0 Å². The number of pyridine rings is 1. The first-order valence-electron chi connectivity index (χ1n) is 6.04. The Bertz CT molecular complexity index is 721. The molecule has 96 valence electrons. The van der Waals surface area contributed by atoms with Crippen molar-refractivity contribution in [3.05, 3.63) is 65.1 Å². The van der Waals surface area contributed by atoms with E-state index in [4.69, 9.17) is 16.3 Å². The third-order valence-corrected chi connectivity index (χ3v) is 3.28. The SMILES string of the molecule is Cc1cn2cccc(OCc3ccccc3Cl)c2n1. The predicted octanol–water partition coefficient (Wildman–Crippen LogP) is 3.88. The molecule has 0 N–H and O–H groups in total. The lowest BCUT2D eigenvalue weighted by Gasteiger charge is -2.08. The molecule has 2 heterocycles. The summed E-state index contributed by atoms with van der Waals surface area (Å²) < 4.78 is 7.79. The van der Waals surface area contributed by atoms with Gasteiger partial charge in [0.05, 0.1) is 5.69 Å². The second-order valence-corrected chi connectivity index (χ2v) is 4.77. The maximum atomic E-state index is 6.11. The number of ether oxygens (including phenoxy) is 1. The highest BCUT2D eigenvalue weighted by molar-refractivity contribution is 6.31. The molecule has 0 saturated carbocycles. The van der Waals surface area contributed by atoms with E-state index in [1.54, 1.807) is 0 Å². The number of hydrogen-bond donors (Lipinski definition) is 0. The average Bonchev–Trinajstić information content (AvgIpc) is 2.78. The van der Waals surface area contributed by atoms with E-state index in [9.17, 15) is 0 Å². The highest BCUT2D eigenvalue weighted by Crippen LogP contribution is 2.22. The molecular weight excluding hydrogens is 260 g/mol. The number of nitrogens with zero attached hydrogens (tertiary/aromatic N) is 2. The molecule has 0 radical (unpaired) electrons. The predicted molar refractivity (Wildman–Crippen MR) is 75.7 cm³/mol. The smallest absolute Gasteiger partial charge is 0.179 e. The first-order chi connectivity index (χ1) is 9.24. The fraction of sp³-hybridized carbons (Fsp3) is 0.133. The summed E-state index contributed by atoms with van der Waals surface area (Å²) in [7, 11) is 0. The van der Waals surface area contributed by atoms with E-state index >= 15 is 0 Å². The van der Waals surface area contributed by atoms with E-state index in [-0.39, 0.29) is 0 Å². The second kappa shape index (κ2) is 4.94. The van der Waals surface area contributed by atoms with Gasteiger partial charge in [-0.2, -0.15) is 0 Å². The number of fused-ring (bicyclic) bond motifs is 1. The number of aromatic nitrogens is 2. The maximum absolute atomic E-state index is 6.11. The number of hydrogen-bond acceptors (Lipinski definition) is 2. The Kier molecular flexibility index (Phi) is 3.13. The van der Waals surface area contributed by atoms with Crippen molar-refractivity contribution in [2.45, 2.75) is 13.5 Å². The highest BCUT2D eigenvalue weighted by atomic mass is 35.5. The van der Waals surface area contributed by atoms with E-state index < -0.39 is 0 Å². The molecule has 3 rings (SSSR count). The molecule has 0 aliphatic heterocycles. The Hall–Kier alpha value is -2.00. The number of halogens is 1. The van der Waals surface area contributed by atoms with Crippen LogP contribution >= 0.6 is 11.6 Å². The molecule has 0 amide bonds. The highest BCUT2D eigenvalue weighted by Gasteiger charge is 2.06. The zero-order valence-corrected chi connectivity index (χ0v) is 11.3. The van der Waals surface area contributed by atoms with Crippen LogP contribution < -0.4 is 4.74 Å². The van der Waals surface area contributed by atoms with Crippen LogP contribution in [-0.2, 0) is 6.61 Å². The van der Waals surface area contributed by atoms with Crippen LogP contribution in [0.1, 0.15) is 11.3 Å². The Morgan fingerprint density at radius 3 is 2.89 bits per heavy atom. The lowest BCUT2D eigenvalue weighted by molar-refractivity contribution is 0.308. The van der Waals surface area contributed by atoms with Gasteiger partial charge in [0.15, 0.2) is 11.4 Å². The van der Waals surface area contributed by atoms with Gasteiger partial charge in [-0.05, 0) is 25.1 Å². The van der Waals surface area contributed by atoms with Gasteiger partial charge in [0.2, 0.25) is 0 Å². The van der Waals surface area contributed by atoms with Crippen molar-refractivity contribution in [2.24, 2.45) is 0 Å². The van der Waals surface area contributed by atoms with Crippen LogP contribution in [0.15, 0.2) is 48.8 Å². The van der Waals surface area contributed by atoms with Gasteiger partial charge in [0, 0.05) is 23.0 Å². The molecule has 0 aliphatic carbocycles. The van der Waals surface area contributed by atoms with Crippen molar-refractivity contribution < 1.29 is 4.74 Å². The third-order valence-electron chi connectivity index (χ3n) is 2.91. The van der Waals surface area contributed by atoms with Crippen LogP contribution in [0, 0.1) is 6.92 Å². The lowest BCUT2D eigenvalue weighted by Crippen LogP contribution is -1.98. The van der Waals surface area contributed by atoms with E-state index in [0.29, 0.717) is 11.6 Å². The summed E-state index contributed by atoms with van der Waals surface area (Å²) in [5.74, 6) is 0.760. The summed E-state index contributed by atoms with van der Waals surface area (Å²) in [6, 6.07) is 11.5. The molecule has 1 aromatic carbocycles. The van der Waals surface area contributed by atoms with E-state index in [1.807, 2.05) is 60.1 Å². The van der Waals surface area contributed by atoms with Gasteiger partial charge in [-0.15, -0.1) is 0 Å². The van der Waals surface area contributed by atoms with E-state index in [0.717, 1.165) is 22.7 Å². The van der Waals surface area contributed by atoms with Crippen LogP contribution in [0.4, 0.5) is 0 Å². The first kappa shape index (κ1) is 12.1. The van der Waals surface area contributed by atoms with Gasteiger partial charge in [-0.25, -0.2) is 4.98 Å². The maximum Gasteiger partial charge on any atom is 0.179 e. The van der Waals surface area contributed by atoms with Crippen molar-refractivity contribution in [1.82, 2.24) is 9.38 Å². The Morgan fingerprint density at radius 1 is 1.21 bits per heavy atom. The topological polar surface area (TPSA) is 26.5 Å². The molecule has 0 unspecified atom stereocenters. The molecule has 0 spiro atoms. The number of imidazole rings is 1. The van der Waals surface area contributed by atoms with Crippen molar-refractivity contribution in [2.75, 3.05) is 0 Å². The Morgan fingerprint density at radius 2 is 2.05 bits per heavy atom. The summed E-state index contributed by atoms with van der Waals surface area (Å²) in [5, 5.41) is 0.717. The molecule has 0 fully saturated rings. The summed E-state index contributed by atoms with van der Waals surface area (Å²) in [6.45, 7) is 2.40. The fourth-order valence-corrected chi connectivity index (χ4v) is 2.18. The third kappa shape index (κ3) is 2.42. The Balaban J connectivity index is 1.88. The lowest BCUT2D eigenvalue weighted by atomic mass is 10.2. The van der Waals surface area contributed by atoms with Crippen LogP contribution in [0.25, 0.3) is 5.65 Å². The summed E-state index contributed by atoms with van der Waals surface area (Å²) in [5.41, 5.74) is 2.76. The zero-order valence-electron chi connectivity index (χ0n) is 10.5. The second-order valence-electron chi connectivity index (χ2n) is 4.37. The number of aryl methyl sites for hydroxylation is 1. The molecule has 0 atom stereocenters. The Labute approximate surface area is 116 Å². The first-order valence-corrected chi connectivity index (χ1v) is 6.42. The van der Waals surface area contributed by atoms with Gasteiger partial charge >= 0.3 is 0 Å². The van der Waals surface area contributed by atoms with Crippen LogP contribution in [0.5, 0.6) is 5.75 Å². The minimum Gasteiger partial charge on any atom is -0.485 e. The number of rotatable bonds is 3. The van der Waals surface area contributed by atoms with Gasteiger partial charge < -0.3 is 9.14 Å². The minimum absolute atomic E-state index is 0.436. The van der Waals surface area contributed by atoms with Crippen molar-refractivity contribution in [3.8, 4) is 5.75 Å². The van der Waals surface area contributed by atoms with Crippen molar-refractivity contribution in [3.63, 3.8) is 0 Å². The van der Waals surface area contributed by atoms with Gasteiger partial charge in [-0.3, -0.25) is 0 Å². The van der Waals surface area contributed by atoms with Crippen LogP contribution in [-0.4, -0.2) is 9.38 Å². The molecule has 3 nitrogen and oxygen atoms in total. The molecule has 0 aliphatic rings. The monoisotopic (exact) mass is 272 g/mol. The van der Waals surface area contributed by atoms with E-state index in [2.05, 4.69) is 4.98 Å². The van der Waals surface area contributed by atoms with Gasteiger partial charge in [0.1, 0.15) is 6.61 Å². The largest absolute Gasteiger partial charge is 0.485 e. The van der Waals surface area contributed by atoms with Crippen LogP contribution in [0.3, 0.4) is 0 Å². The van der Waals surface area contributed by atoms with Crippen molar-refractivity contribution >= 4 is 17.2 Å². The molecule has 3 aromatic rings. The van der Waals surface area contributed by atoms with E-state index in [1.165, 1.54) is 0 Å². The number of benzene rings is 1. The molecule has 0 saturated heterocycles. The minimum atomic E-state index is 0.436. The average molecular weight is 273 g/mol.